The van der Waals surface area contributed by atoms with E-state index in [9.17, 15) is 9.90 Å². The largest absolute Gasteiger partial charge is 0.457 e. The van der Waals surface area contributed by atoms with Crippen LogP contribution in [-0.2, 0) is 14.3 Å². The summed E-state index contributed by atoms with van der Waals surface area (Å²) in [7, 11) is 0. The molecule has 1 atom stereocenters. The van der Waals surface area contributed by atoms with Crippen molar-refractivity contribution in [1.29, 1.82) is 0 Å². The monoisotopic (exact) mass is 739 g/mol. The SMILES string of the molecule is CC/C=C\C/C=C\C/C=C\C/C=C\CCCCCCCCC(=O)OC(CO)COCCCCCCCCCCCC/C=C\C/C=C\CCCCCCC. The van der Waals surface area contributed by atoms with Gasteiger partial charge in [-0.2, -0.15) is 0 Å². The molecule has 0 amide bonds. The van der Waals surface area contributed by atoms with Gasteiger partial charge < -0.3 is 14.6 Å². The molecular weight excluding hydrogens is 653 g/mol. The molecule has 0 aromatic heterocycles. The van der Waals surface area contributed by atoms with E-state index in [-0.39, 0.29) is 19.2 Å². The Morgan fingerprint density at radius 2 is 0.849 bits per heavy atom. The van der Waals surface area contributed by atoms with Gasteiger partial charge in [0.25, 0.3) is 0 Å². The van der Waals surface area contributed by atoms with Crippen LogP contribution >= 0.6 is 0 Å². The maximum absolute atomic E-state index is 12.2. The highest BCUT2D eigenvalue weighted by atomic mass is 16.6. The first-order valence-corrected chi connectivity index (χ1v) is 22.5. The first-order valence-electron chi connectivity index (χ1n) is 22.5. The van der Waals surface area contributed by atoms with Crippen molar-refractivity contribution in [3.8, 4) is 0 Å². The second kappa shape index (κ2) is 46.0. The lowest BCUT2D eigenvalue weighted by molar-refractivity contribution is -0.154. The fraction of sp³-hybridized carbons (Fsp3) is 0.735. The molecule has 4 heteroatoms. The van der Waals surface area contributed by atoms with Gasteiger partial charge in [0.05, 0.1) is 13.2 Å². The molecule has 0 saturated heterocycles. The van der Waals surface area contributed by atoms with Gasteiger partial charge in [0.15, 0.2) is 0 Å². The maximum atomic E-state index is 12.2. The lowest BCUT2D eigenvalue weighted by Gasteiger charge is -2.15. The number of ether oxygens (including phenoxy) is 2. The van der Waals surface area contributed by atoms with Crippen LogP contribution in [0.5, 0.6) is 0 Å². The molecule has 0 aromatic carbocycles. The summed E-state index contributed by atoms with van der Waals surface area (Å²) < 4.78 is 11.2. The zero-order chi connectivity index (χ0) is 38.4. The van der Waals surface area contributed by atoms with Crippen molar-refractivity contribution < 1.29 is 19.4 Å². The van der Waals surface area contributed by atoms with E-state index in [4.69, 9.17) is 9.47 Å². The molecule has 1 unspecified atom stereocenters. The average molecular weight is 739 g/mol. The number of aliphatic hydroxyl groups excluding tert-OH is 1. The third-order valence-electron chi connectivity index (χ3n) is 9.52. The summed E-state index contributed by atoms with van der Waals surface area (Å²) in [4.78, 5) is 12.2. The molecule has 0 bridgehead atoms. The molecule has 0 heterocycles. The summed E-state index contributed by atoms with van der Waals surface area (Å²) in [6.45, 7) is 5.20. The van der Waals surface area contributed by atoms with Crippen molar-refractivity contribution >= 4 is 5.97 Å². The second-order valence-corrected chi connectivity index (χ2v) is 14.7. The predicted octanol–water partition coefficient (Wildman–Crippen LogP) is 15.0. The van der Waals surface area contributed by atoms with E-state index in [0.717, 1.165) is 64.2 Å². The Morgan fingerprint density at radius 1 is 0.472 bits per heavy atom. The molecule has 306 valence electrons. The summed E-state index contributed by atoms with van der Waals surface area (Å²) in [5, 5.41) is 9.62. The van der Waals surface area contributed by atoms with E-state index in [0.29, 0.717) is 13.0 Å². The van der Waals surface area contributed by atoms with Gasteiger partial charge in [-0.15, -0.1) is 0 Å². The molecule has 0 aliphatic heterocycles. The van der Waals surface area contributed by atoms with E-state index in [1.54, 1.807) is 0 Å². The van der Waals surface area contributed by atoms with Crippen molar-refractivity contribution in [1.82, 2.24) is 0 Å². The second-order valence-electron chi connectivity index (χ2n) is 14.7. The van der Waals surface area contributed by atoms with Crippen molar-refractivity contribution in [3.63, 3.8) is 0 Å². The van der Waals surface area contributed by atoms with Crippen LogP contribution in [0.3, 0.4) is 0 Å². The molecular formula is C49H86O4. The number of esters is 1. The van der Waals surface area contributed by atoms with Crippen molar-refractivity contribution in [2.24, 2.45) is 0 Å². The summed E-state index contributed by atoms with van der Waals surface area (Å²) in [6, 6.07) is 0. The lowest BCUT2D eigenvalue weighted by atomic mass is 10.1. The standard InChI is InChI=1S/C49H86O4/c1-3-5-7-9-11-13-15-17-19-21-23-24-25-27-29-31-33-35-37-39-41-43-45-52-47-48(46-50)53-49(51)44-42-40-38-36-34-32-30-28-26-22-20-18-16-14-12-10-8-6-4-2/h6,8,12,14-15,17-18,20-21,23,26,28,48,50H,3-5,7,9-11,13,16,19,22,24-25,27,29-47H2,1-2H3/b8-6-,14-12-,17-15-,20-18-,23-21-,28-26-. The van der Waals surface area contributed by atoms with Crippen LogP contribution in [0.15, 0.2) is 72.9 Å². The topological polar surface area (TPSA) is 55.8 Å². The van der Waals surface area contributed by atoms with Crippen LogP contribution in [-0.4, -0.2) is 37.0 Å². The minimum Gasteiger partial charge on any atom is -0.457 e. The Bertz CT molecular complexity index is 911. The zero-order valence-electron chi connectivity index (χ0n) is 35.0. The van der Waals surface area contributed by atoms with Gasteiger partial charge in [-0.25, -0.2) is 0 Å². The summed E-state index contributed by atoms with van der Waals surface area (Å²) >= 11 is 0. The highest BCUT2D eigenvalue weighted by Crippen LogP contribution is 2.13. The molecule has 0 spiro atoms. The number of unbranched alkanes of at least 4 members (excludes halogenated alkanes) is 21. The van der Waals surface area contributed by atoms with E-state index >= 15 is 0 Å². The lowest BCUT2D eigenvalue weighted by Crippen LogP contribution is -2.27. The number of hydrogen-bond donors (Lipinski definition) is 1. The zero-order valence-corrected chi connectivity index (χ0v) is 35.0. The molecule has 0 radical (unpaired) electrons. The molecule has 0 aliphatic rings. The van der Waals surface area contributed by atoms with Crippen molar-refractivity contribution in [3.05, 3.63) is 72.9 Å². The third-order valence-corrected chi connectivity index (χ3v) is 9.52. The molecule has 0 aliphatic carbocycles. The smallest absolute Gasteiger partial charge is 0.306 e. The maximum Gasteiger partial charge on any atom is 0.306 e. The number of allylic oxidation sites excluding steroid dienone is 12. The fourth-order valence-corrected chi connectivity index (χ4v) is 6.17. The molecule has 0 aromatic rings. The van der Waals surface area contributed by atoms with Crippen molar-refractivity contribution in [2.45, 2.75) is 213 Å². The molecule has 53 heavy (non-hydrogen) atoms. The van der Waals surface area contributed by atoms with Gasteiger partial charge in [-0.3, -0.25) is 4.79 Å². The van der Waals surface area contributed by atoms with Gasteiger partial charge in [0.2, 0.25) is 0 Å². The first kappa shape index (κ1) is 50.8. The minimum absolute atomic E-state index is 0.182. The van der Waals surface area contributed by atoms with Crippen LogP contribution in [0.25, 0.3) is 0 Å². The first-order chi connectivity index (χ1) is 26.2. The molecule has 0 fully saturated rings. The Hall–Kier alpha value is -2.17. The van der Waals surface area contributed by atoms with Crippen LogP contribution < -0.4 is 0 Å². The van der Waals surface area contributed by atoms with Gasteiger partial charge in [-0.1, -0.05) is 189 Å². The molecule has 4 nitrogen and oxygen atoms in total. The summed E-state index contributed by atoms with van der Waals surface area (Å²) in [6.07, 6.45) is 62.5. The molecule has 0 rings (SSSR count). The summed E-state index contributed by atoms with van der Waals surface area (Å²) in [5.41, 5.74) is 0. The predicted molar refractivity (Wildman–Crippen MR) is 232 cm³/mol. The van der Waals surface area contributed by atoms with Gasteiger partial charge in [0, 0.05) is 13.0 Å². The fourth-order valence-electron chi connectivity index (χ4n) is 6.17. The number of hydrogen-bond acceptors (Lipinski definition) is 4. The normalized spacial score (nSPS) is 13.0. The van der Waals surface area contributed by atoms with Gasteiger partial charge >= 0.3 is 5.97 Å². The third kappa shape index (κ3) is 44.1. The number of aliphatic hydroxyl groups is 1. The molecule has 1 N–H and O–H groups in total. The highest BCUT2D eigenvalue weighted by Gasteiger charge is 2.13. The van der Waals surface area contributed by atoms with E-state index in [2.05, 4.69) is 86.8 Å². The quantitative estimate of drug-likeness (QED) is 0.0385. The Kier molecular flexibility index (Phi) is 44.1. The van der Waals surface area contributed by atoms with Gasteiger partial charge in [-0.05, 0) is 83.5 Å². The average Bonchev–Trinajstić information content (AvgIpc) is 3.16. The Morgan fingerprint density at radius 3 is 1.28 bits per heavy atom. The van der Waals surface area contributed by atoms with E-state index < -0.39 is 6.10 Å². The van der Waals surface area contributed by atoms with E-state index in [1.807, 2.05) is 0 Å². The Balaban J connectivity index is 3.47. The molecule has 0 saturated carbocycles. The number of carbonyl (C=O) groups is 1. The van der Waals surface area contributed by atoms with Crippen LogP contribution in [0.2, 0.25) is 0 Å². The van der Waals surface area contributed by atoms with Gasteiger partial charge in [0.1, 0.15) is 6.10 Å². The van der Waals surface area contributed by atoms with Crippen LogP contribution in [0.4, 0.5) is 0 Å². The minimum atomic E-state index is -0.547. The highest BCUT2D eigenvalue weighted by molar-refractivity contribution is 5.69. The Labute approximate surface area is 329 Å². The summed E-state index contributed by atoms with van der Waals surface area (Å²) in [5.74, 6) is -0.217. The van der Waals surface area contributed by atoms with Crippen LogP contribution in [0.1, 0.15) is 206 Å². The van der Waals surface area contributed by atoms with E-state index in [1.165, 1.54) is 122 Å². The number of rotatable bonds is 41. The van der Waals surface area contributed by atoms with Crippen LogP contribution in [0, 0.1) is 0 Å². The number of carbonyl (C=O) groups excluding carboxylic acids is 1. The van der Waals surface area contributed by atoms with Crippen molar-refractivity contribution in [2.75, 3.05) is 19.8 Å².